The molecule has 1 unspecified atom stereocenters. The Morgan fingerprint density at radius 3 is 2.53 bits per heavy atom. The number of thiophene rings is 2. The maximum atomic E-state index is 11.0. The molecule has 104 valence electrons. The van der Waals surface area contributed by atoms with E-state index in [2.05, 4.69) is 17.4 Å². The maximum absolute atomic E-state index is 11.0. The lowest BCUT2D eigenvalue weighted by Crippen LogP contribution is -2.30. The van der Waals surface area contributed by atoms with Gasteiger partial charge in [0, 0.05) is 28.8 Å². The van der Waals surface area contributed by atoms with Gasteiger partial charge in [0.05, 0.1) is 5.75 Å². The van der Waals surface area contributed by atoms with Crippen molar-refractivity contribution >= 4 is 32.7 Å². The molecule has 0 bridgehead atoms. The molecule has 0 aliphatic rings. The summed E-state index contributed by atoms with van der Waals surface area (Å²) in [5.41, 5.74) is 0. The van der Waals surface area contributed by atoms with Crippen molar-refractivity contribution in [3.8, 4) is 0 Å². The number of hydrogen-bond donors (Lipinski definition) is 2. The van der Waals surface area contributed by atoms with E-state index in [4.69, 9.17) is 5.14 Å². The largest absolute Gasteiger partial charge is 0.308 e. The minimum Gasteiger partial charge on any atom is -0.308 e. The van der Waals surface area contributed by atoms with Crippen LogP contribution in [0.1, 0.15) is 15.8 Å². The Labute approximate surface area is 121 Å². The highest BCUT2D eigenvalue weighted by Crippen LogP contribution is 2.24. The number of rotatable bonds is 7. The van der Waals surface area contributed by atoms with E-state index < -0.39 is 10.0 Å². The molecule has 0 saturated carbocycles. The normalized spacial score (nSPS) is 13.5. The molecule has 0 amide bonds. The topological polar surface area (TPSA) is 72.2 Å². The van der Waals surface area contributed by atoms with Gasteiger partial charge < -0.3 is 5.32 Å². The van der Waals surface area contributed by atoms with Gasteiger partial charge in [-0.3, -0.25) is 0 Å². The second-order valence-corrected chi connectivity index (χ2v) is 7.92. The summed E-state index contributed by atoms with van der Waals surface area (Å²) in [4.78, 5) is 2.49. The summed E-state index contributed by atoms with van der Waals surface area (Å²) in [7, 11) is -3.41. The fraction of sp³-hybridized carbons (Fsp3) is 0.333. The minimum absolute atomic E-state index is 0.0423. The van der Waals surface area contributed by atoms with Crippen molar-refractivity contribution in [2.45, 2.75) is 12.5 Å². The third-order valence-electron chi connectivity index (χ3n) is 2.65. The van der Waals surface area contributed by atoms with Gasteiger partial charge in [-0.2, -0.15) is 0 Å². The predicted octanol–water partition coefficient (Wildman–Crippen LogP) is 1.97. The smallest absolute Gasteiger partial charge is 0.210 e. The summed E-state index contributed by atoms with van der Waals surface area (Å²) in [6.07, 6.45) is 0.864. The molecule has 2 aromatic rings. The monoisotopic (exact) mass is 316 g/mol. The van der Waals surface area contributed by atoms with Crippen molar-refractivity contribution in [2.75, 3.05) is 12.3 Å². The Bertz CT molecular complexity index is 577. The van der Waals surface area contributed by atoms with Crippen molar-refractivity contribution in [3.63, 3.8) is 0 Å². The summed E-state index contributed by atoms with van der Waals surface area (Å²) in [6.45, 7) is 0.368. The molecule has 0 saturated heterocycles. The lowest BCUT2D eigenvalue weighted by atomic mass is 10.1. The predicted molar refractivity (Wildman–Crippen MR) is 81.1 cm³/mol. The van der Waals surface area contributed by atoms with Gasteiger partial charge in [0.15, 0.2) is 0 Å². The van der Waals surface area contributed by atoms with Gasteiger partial charge >= 0.3 is 0 Å². The maximum Gasteiger partial charge on any atom is 0.210 e. The molecular formula is C12H16N2O2S3. The molecule has 4 nitrogen and oxygen atoms in total. The minimum atomic E-state index is -3.41. The Hall–Kier alpha value is -0.730. The first-order valence-corrected chi connectivity index (χ1v) is 9.32. The second-order valence-electron chi connectivity index (χ2n) is 4.17. The molecule has 19 heavy (non-hydrogen) atoms. The van der Waals surface area contributed by atoms with Crippen molar-refractivity contribution < 1.29 is 8.42 Å². The van der Waals surface area contributed by atoms with Crippen molar-refractivity contribution in [2.24, 2.45) is 5.14 Å². The van der Waals surface area contributed by atoms with E-state index in [1.165, 1.54) is 9.75 Å². The van der Waals surface area contributed by atoms with E-state index in [1.54, 1.807) is 22.7 Å². The lowest BCUT2D eigenvalue weighted by Gasteiger charge is -2.16. The lowest BCUT2D eigenvalue weighted by molar-refractivity contribution is 0.551. The van der Waals surface area contributed by atoms with Gasteiger partial charge in [0.2, 0.25) is 10.0 Å². The summed E-state index contributed by atoms with van der Waals surface area (Å²) in [5, 5.41) is 12.4. The third-order valence-corrected chi connectivity index (χ3v) is 5.31. The van der Waals surface area contributed by atoms with Crippen molar-refractivity contribution in [3.05, 3.63) is 44.8 Å². The van der Waals surface area contributed by atoms with E-state index in [1.807, 2.05) is 22.9 Å². The van der Waals surface area contributed by atoms with Crippen LogP contribution in [0, 0.1) is 0 Å². The standard InChI is InChI=1S/C12H16N2O2S3/c13-19(15,16)8-5-14-11(12-4-2-7-18-12)9-10-3-1-6-17-10/h1-4,6-7,11,14H,5,8-9H2,(H2,13,15,16). The molecule has 7 heteroatoms. The number of sulfonamides is 1. The van der Waals surface area contributed by atoms with Crippen LogP contribution in [0.2, 0.25) is 0 Å². The summed E-state index contributed by atoms with van der Waals surface area (Å²) >= 11 is 3.38. The molecule has 0 aliphatic heterocycles. The van der Waals surface area contributed by atoms with E-state index in [9.17, 15) is 8.42 Å². The van der Waals surface area contributed by atoms with Crippen LogP contribution in [0.5, 0.6) is 0 Å². The van der Waals surface area contributed by atoms with E-state index >= 15 is 0 Å². The van der Waals surface area contributed by atoms with Gasteiger partial charge in [0.25, 0.3) is 0 Å². The van der Waals surface area contributed by atoms with Crippen molar-refractivity contribution in [1.29, 1.82) is 0 Å². The molecule has 0 aromatic carbocycles. The van der Waals surface area contributed by atoms with Crippen LogP contribution in [0.3, 0.4) is 0 Å². The summed E-state index contributed by atoms with van der Waals surface area (Å²) in [6, 6.07) is 8.32. The molecule has 1 atom stereocenters. The van der Waals surface area contributed by atoms with Gasteiger partial charge in [0.1, 0.15) is 0 Å². The molecular weight excluding hydrogens is 300 g/mol. The van der Waals surface area contributed by atoms with Gasteiger partial charge in [-0.15, -0.1) is 22.7 Å². The van der Waals surface area contributed by atoms with Gasteiger partial charge in [-0.25, -0.2) is 13.6 Å². The van der Waals surface area contributed by atoms with Crippen LogP contribution in [-0.4, -0.2) is 20.7 Å². The third kappa shape index (κ3) is 5.04. The Balaban J connectivity index is 1.99. The fourth-order valence-electron chi connectivity index (χ4n) is 1.77. The zero-order chi connectivity index (χ0) is 13.7. The van der Waals surface area contributed by atoms with Crippen LogP contribution in [0.25, 0.3) is 0 Å². The number of nitrogens with two attached hydrogens (primary N) is 1. The highest BCUT2D eigenvalue weighted by molar-refractivity contribution is 7.89. The molecule has 0 aliphatic carbocycles. The van der Waals surface area contributed by atoms with E-state index in [-0.39, 0.29) is 11.8 Å². The zero-order valence-electron chi connectivity index (χ0n) is 10.3. The SMILES string of the molecule is NS(=O)(=O)CCNC(Cc1cccs1)c1cccs1. The van der Waals surface area contributed by atoms with Gasteiger partial charge in [-0.1, -0.05) is 12.1 Å². The first-order chi connectivity index (χ1) is 9.04. The average Bonchev–Trinajstić information content (AvgIpc) is 2.99. The molecule has 2 rings (SSSR count). The highest BCUT2D eigenvalue weighted by atomic mass is 32.2. The van der Waals surface area contributed by atoms with E-state index in [0.717, 1.165) is 6.42 Å². The Kier molecular flexibility index (Phi) is 5.12. The zero-order valence-corrected chi connectivity index (χ0v) is 12.7. The van der Waals surface area contributed by atoms with Crippen molar-refractivity contribution in [1.82, 2.24) is 5.32 Å². The van der Waals surface area contributed by atoms with Crippen LogP contribution < -0.4 is 10.5 Å². The summed E-state index contributed by atoms with van der Waals surface area (Å²) in [5.74, 6) is -0.0423. The molecule has 2 aromatic heterocycles. The van der Waals surface area contributed by atoms with Crippen LogP contribution >= 0.6 is 22.7 Å². The second kappa shape index (κ2) is 6.62. The molecule has 0 radical (unpaired) electrons. The average molecular weight is 316 g/mol. The number of primary sulfonamides is 1. The first-order valence-electron chi connectivity index (χ1n) is 5.84. The number of hydrogen-bond acceptors (Lipinski definition) is 5. The highest BCUT2D eigenvalue weighted by Gasteiger charge is 2.14. The molecule has 0 fully saturated rings. The van der Waals surface area contributed by atoms with Crippen LogP contribution in [0.15, 0.2) is 35.0 Å². The summed E-state index contributed by atoms with van der Waals surface area (Å²) < 4.78 is 21.9. The Morgan fingerprint density at radius 1 is 1.21 bits per heavy atom. The quantitative estimate of drug-likeness (QED) is 0.820. The Morgan fingerprint density at radius 2 is 1.95 bits per heavy atom. The van der Waals surface area contributed by atoms with Crippen LogP contribution in [0.4, 0.5) is 0 Å². The van der Waals surface area contributed by atoms with Gasteiger partial charge in [-0.05, 0) is 22.9 Å². The number of nitrogens with one attached hydrogen (secondary N) is 1. The fourth-order valence-corrected chi connectivity index (χ4v) is 3.72. The molecule has 2 heterocycles. The molecule has 0 spiro atoms. The van der Waals surface area contributed by atoms with Crippen LogP contribution in [-0.2, 0) is 16.4 Å². The first kappa shape index (κ1) is 14.7. The van der Waals surface area contributed by atoms with E-state index in [0.29, 0.717) is 6.54 Å². The molecule has 3 N–H and O–H groups in total.